The molecule has 0 aromatic heterocycles. The summed E-state index contributed by atoms with van der Waals surface area (Å²) in [6, 6.07) is 9.83. The fourth-order valence-electron chi connectivity index (χ4n) is 2.35. The number of nitrogens with one attached hydrogen (secondary N) is 1. The molecule has 124 valence electrons. The first-order valence-electron chi connectivity index (χ1n) is 7.18. The van der Waals surface area contributed by atoms with E-state index in [-0.39, 0.29) is 17.0 Å². The van der Waals surface area contributed by atoms with E-state index in [4.69, 9.17) is 21.1 Å². The van der Waals surface area contributed by atoms with Crippen molar-refractivity contribution in [3.63, 3.8) is 0 Å². The molecule has 1 aliphatic rings. The number of ketones is 1. The van der Waals surface area contributed by atoms with Gasteiger partial charge in [-0.3, -0.25) is 9.59 Å². The normalized spacial score (nSPS) is 12.6. The molecule has 0 bridgehead atoms. The number of benzene rings is 2. The summed E-state index contributed by atoms with van der Waals surface area (Å²) in [4.78, 5) is 24.6. The third-order valence-electron chi connectivity index (χ3n) is 3.41. The zero-order valence-corrected chi connectivity index (χ0v) is 14.8. The lowest BCUT2D eigenvalue weighted by Gasteiger charge is -2.21. The van der Waals surface area contributed by atoms with Crippen LogP contribution in [0, 0.1) is 0 Å². The number of amides is 1. The number of carbonyl (C=O) groups excluding carboxylic acids is 2. The number of fused-ring (bicyclic) bond motifs is 1. The van der Waals surface area contributed by atoms with Crippen LogP contribution in [0.5, 0.6) is 11.5 Å². The molecule has 0 spiro atoms. The maximum Gasteiger partial charge on any atom is 0.235 e. The second-order valence-electron chi connectivity index (χ2n) is 5.06. The minimum atomic E-state index is -0.271. The summed E-state index contributed by atoms with van der Waals surface area (Å²) in [5.74, 6) is 0.434. The number of ether oxygens (including phenoxy) is 2. The van der Waals surface area contributed by atoms with Crippen LogP contribution in [0.3, 0.4) is 0 Å². The van der Waals surface area contributed by atoms with Gasteiger partial charge in [0, 0.05) is 16.7 Å². The molecule has 0 unspecified atom stereocenters. The number of hydrogen-bond donors (Lipinski definition) is 1. The Morgan fingerprint density at radius 1 is 1.12 bits per heavy atom. The largest absolute Gasteiger partial charge is 0.486 e. The van der Waals surface area contributed by atoms with Crippen LogP contribution < -0.4 is 14.8 Å². The van der Waals surface area contributed by atoms with E-state index >= 15 is 0 Å². The Morgan fingerprint density at radius 3 is 2.50 bits per heavy atom. The molecule has 0 fully saturated rings. The van der Waals surface area contributed by atoms with Crippen molar-refractivity contribution in [3.8, 4) is 11.5 Å². The molecule has 24 heavy (non-hydrogen) atoms. The minimum absolute atomic E-state index is 0.117. The SMILES string of the molecule is O=C(CBr)Nc1cc2c(cc1C(=O)c1cccc(Cl)c1)OCCO2. The average molecular weight is 411 g/mol. The zero-order chi connectivity index (χ0) is 17.1. The van der Waals surface area contributed by atoms with Gasteiger partial charge in [-0.15, -0.1) is 0 Å². The lowest BCUT2D eigenvalue weighted by atomic mass is 10.0. The van der Waals surface area contributed by atoms with Crippen molar-refractivity contribution in [2.24, 2.45) is 0 Å². The lowest BCUT2D eigenvalue weighted by Crippen LogP contribution is -2.19. The van der Waals surface area contributed by atoms with E-state index in [1.165, 1.54) is 0 Å². The van der Waals surface area contributed by atoms with Gasteiger partial charge < -0.3 is 14.8 Å². The third kappa shape index (κ3) is 3.55. The summed E-state index contributed by atoms with van der Waals surface area (Å²) in [6.07, 6.45) is 0. The number of halogens is 2. The Labute approximate surface area is 152 Å². The molecule has 0 saturated carbocycles. The Hall–Kier alpha value is -2.05. The van der Waals surface area contributed by atoms with Crippen molar-refractivity contribution in [2.75, 3.05) is 23.9 Å². The molecule has 2 aromatic carbocycles. The molecular weight excluding hydrogens is 398 g/mol. The van der Waals surface area contributed by atoms with Gasteiger partial charge in [-0.25, -0.2) is 0 Å². The van der Waals surface area contributed by atoms with Crippen LogP contribution in [0.2, 0.25) is 5.02 Å². The van der Waals surface area contributed by atoms with Crippen molar-refractivity contribution in [3.05, 3.63) is 52.5 Å². The molecule has 0 aliphatic carbocycles. The molecular formula is C17H13BrClNO4. The Balaban J connectivity index is 2.06. The van der Waals surface area contributed by atoms with Crippen LogP contribution >= 0.6 is 27.5 Å². The maximum absolute atomic E-state index is 12.9. The Kier molecular flexibility index (Phi) is 5.06. The van der Waals surface area contributed by atoms with Crippen molar-refractivity contribution < 1.29 is 19.1 Å². The van der Waals surface area contributed by atoms with Gasteiger partial charge in [0.2, 0.25) is 5.91 Å². The number of carbonyl (C=O) groups is 2. The van der Waals surface area contributed by atoms with Crippen LogP contribution in [-0.2, 0) is 4.79 Å². The van der Waals surface area contributed by atoms with Crippen LogP contribution in [0.4, 0.5) is 5.69 Å². The number of rotatable bonds is 4. The molecule has 3 rings (SSSR count). The molecule has 1 amide bonds. The summed E-state index contributed by atoms with van der Waals surface area (Å²) in [5, 5.41) is 3.28. The molecule has 0 saturated heterocycles. The van der Waals surface area contributed by atoms with E-state index in [0.29, 0.717) is 46.5 Å². The quantitative estimate of drug-likeness (QED) is 0.617. The van der Waals surface area contributed by atoms with E-state index in [0.717, 1.165) is 0 Å². The van der Waals surface area contributed by atoms with Crippen LogP contribution in [0.1, 0.15) is 15.9 Å². The highest BCUT2D eigenvalue weighted by molar-refractivity contribution is 9.09. The molecule has 7 heteroatoms. The second kappa shape index (κ2) is 7.23. The summed E-state index contributed by atoms with van der Waals surface area (Å²) in [6.45, 7) is 0.825. The van der Waals surface area contributed by atoms with E-state index in [9.17, 15) is 9.59 Å². The predicted molar refractivity (Wildman–Crippen MR) is 94.7 cm³/mol. The fourth-order valence-corrected chi connectivity index (χ4v) is 2.68. The predicted octanol–water partition coefficient (Wildman–Crippen LogP) is 3.68. The molecule has 0 radical (unpaired) electrons. The molecule has 0 atom stereocenters. The van der Waals surface area contributed by atoms with Crippen LogP contribution in [0.25, 0.3) is 0 Å². The second-order valence-corrected chi connectivity index (χ2v) is 6.06. The maximum atomic E-state index is 12.9. The number of hydrogen-bond acceptors (Lipinski definition) is 4. The first-order chi connectivity index (χ1) is 11.6. The van der Waals surface area contributed by atoms with E-state index in [1.807, 2.05) is 0 Å². The van der Waals surface area contributed by atoms with E-state index in [2.05, 4.69) is 21.2 Å². The third-order valence-corrected chi connectivity index (χ3v) is 4.15. The summed E-state index contributed by atoms with van der Waals surface area (Å²) in [5.41, 5.74) is 1.11. The monoisotopic (exact) mass is 409 g/mol. The minimum Gasteiger partial charge on any atom is -0.486 e. The Morgan fingerprint density at radius 2 is 1.83 bits per heavy atom. The Bertz CT molecular complexity index is 809. The van der Waals surface area contributed by atoms with Gasteiger partial charge in [0.15, 0.2) is 17.3 Å². The average Bonchev–Trinajstić information content (AvgIpc) is 2.60. The highest BCUT2D eigenvalue weighted by Gasteiger charge is 2.22. The van der Waals surface area contributed by atoms with Crippen molar-refractivity contribution in [1.29, 1.82) is 0 Å². The van der Waals surface area contributed by atoms with Gasteiger partial charge in [-0.2, -0.15) is 0 Å². The number of anilines is 1. The van der Waals surface area contributed by atoms with Gasteiger partial charge >= 0.3 is 0 Å². The summed E-state index contributed by atoms with van der Waals surface area (Å²) in [7, 11) is 0. The highest BCUT2D eigenvalue weighted by Crippen LogP contribution is 2.36. The van der Waals surface area contributed by atoms with Gasteiger partial charge in [0.1, 0.15) is 13.2 Å². The molecule has 5 nitrogen and oxygen atoms in total. The van der Waals surface area contributed by atoms with Gasteiger partial charge in [-0.05, 0) is 18.2 Å². The van der Waals surface area contributed by atoms with Crippen molar-refractivity contribution in [2.45, 2.75) is 0 Å². The van der Waals surface area contributed by atoms with Gasteiger partial charge in [-0.1, -0.05) is 39.7 Å². The van der Waals surface area contributed by atoms with Crippen molar-refractivity contribution in [1.82, 2.24) is 0 Å². The molecule has 1 aliphatic heterocycles. The summed E-state index contributed by atoms with van der Waals surface area (Å²) >= 11 is 9.06. The zero-order valence-electron chi connectivity index (χ0n) is 12.5. The van der Waals surface area contributed by atoms with E-state index in [1.54, 1.807) is 36.4 Å². The highest BCUT2D eigenvalue weighted by atomic mass is 79.9. The topological polar surface area (TPSA) is 64.6 Å². The molecule has 2 aromatic rings. The molecule has 1 N–H and O–H groups in total. The standard InChI is InChI=1S/C17H13BrClNO4/c18-9-16(21)20-13-8-15-14(23-4-5-24-15)7-12(13)17(22)10-2-1-3-11(19)6-10/h1-3,6-8H,4-5,9H2,(H,20,21). The first-order valence-corrected chi connectivity index (χ1v) is 8.68. The smallest absolute Gasteiger partial charge is 0.235 e. The molecule has 1 heterocycles. The fraction of sp³-hybridized carbons (Fsp3) is 0.176. The van der Waals surface area contributed by atoms with Crippen LogP contribution in [0.15, 0.2) is 36.4 Å². The van der Waals surface area contributed by atoms with Gasteiger partial charge in [0.05, 0.1) is 16.6 Å². The van der Waals surface area contributed by atoms with Crippen LogP contribution in [-0.4, -0.2) is 30.2 Å². The van der Waals surface area contributed by atoms with Gasteiger partial charge in [0.25, 0.3) is 0 Å². The van der Waals surface area contributed by atoms with Crippen molar-refractivity contribution >= 4 is 44.9 Å². The van der Waals surface area contributed by atoms with E-state index < -0.39 is 0 Å². The summed E-state index contributed by atoms with van der Waals surface area (Å²) < 4.78 is 11.1. The number of alkyl halides is 1. The lowest BCUT2D eigenvalue weighted by molar-refractivity contribution is -0.113. The first kappa shape index (κ1) is 16.8.